The molecule has 2 saturated carbocycles. The van der Waals surface area contributed by atoms with Gasteiger partial charge in [0.2, 0.25) is 0 Å². The lowest BCUT2D eigenvalue weighted by atomic mass is 9.80. The van der Waals surface area contributed by atoms with E-state index in [0.717, 1.165) is 77.0 Å². The molecule has 0 bridgehead atoms. The van der Waals surface area contributed by atoms with Gasteiger partial charge in [0, 0.05) is 12.5 Å². The fraction of sp³-hybridized carbons (Fsp3) is 0.576. The Balaban J connectivity index is 1.29. The molecular formula is C33H44O7. The molecule has 0 N–H and O–H groups in total. The van der Waals surface area contributed by atoms with Crippen LogP contribution in [0.1, 0.15) is 89.9 Å². The first-order chi connectivity index (χ1) is 19.4. The molecule has 0 aliphatic heterocycles. The van der Waals surface area contributed by atoms with E-state index in [2.05, 4.69) is 13.2 Å². The van der Waals surface area contributed by atoms with E-state index in [9.17, 15) is 19.2 Å². The molecule has 0 atom stereocenters. The van der Waals surface area contributed by atoms with Crippen molar-refractivity contribution in [3.63, 3.8) is 0 Å². The van der Waals surface area contributed by atoms with E-state index in [1.807, 2.05) is 0 Å². The van der Waals surface area contributed by atoms with Crippen molar-refractivity contribution in [1.82, 2.24) is 0 Å². The summed E-state index contributed by atoms with van der Waals surface area (Å²) in [5.74, 6) is 0.890. The van der Waals surface area contributed by atoms with Gasteiger partial charge in [0.15, 0.2) is 5.78 Å². The number of unbranched alkanes of at least 4 members (excludes halogenated alkanes) is 3. The van der Waals surface area contributed by atoms with Crippen LogP contribution in [0, 0.1) is 23.7 Å². The normalized spacial score (nSPS) is 22.5. The first kappa shape index (κ1) is 31.3. The number of rotatable bonds is 15. The van der Waals surface area contributed by atoms with Crippen molar-refractivity contribution in [2.45, 2.75) is 89.9 Å². The highest BCUT2D eigenvalue weighted by atomic mass is 16.5. The molecule has 0 amide bonds. The van der Waals surface area contributed by atoms with Gasteiger partial charge in [-0.15, -0.1) is 0 Å². The molecule has 7 nitrogen and oxygen atoms in total. The van der Waals surface area contributed by atoms with E-state index >= 15 is 0 Å². The molecule has 1 aromatic carbocycles. The molecule has 7 heteroatoms. The van der Waals surface area contributed by atoms with E-state index in [0.29, 0.717) is 36.4 Å². The van der Waals surface area contributed by atoms with Gasteiger partial charge in [0.1, 0.15) is 11.5 Å². The highest BCUT2D eigenvalue weighted by molar-refractivity contribution is 5.89. The Kier molecular flexibility index (Phi) is 13.1. The highest BCUT2D eigenvalue weighted by Gasteiger charge is 2.29. The van der Waals surface area contributed by atoms with Gasteiger partial charge >= 0.3 is 17.9 Å². The molecule has 0 heterocycles. The van der Waals surface area contributed by atoms with Gasteiger partial charge in [-0.05, 0) is 100.0 Å². The summed E-state index contributed by atoms with van der Waals surface area (Å²) in [6, 6.07) is 6.66. The van der Waals surface area contributed by atoms with Gasteiger partial charge in [-0.25, -0.2) is 4.79 Å². The Hall–Kier alpha value is -3.22. The average Bonchev–Trinajstić information content (AvgIpc) is 2.98. The second-order valence-corrected chi connectivity index (χ2v) is 11.2. The second kappa shape index (κ2) is 16.8. The average molecular weight is 553 g/mol. The maximum atomic E-state index is 12.7. The Labute approximate surface area is 238 Å². The zero-order valence-corrected chi connectivity index (χ0v) is 23.7. The number of ether oxygens (including phenoxy) is 3. The van der Waals surface area contributed by atoms with Crippen molar-refractivity contribution in [1.29, 1.82) is 0 Å². The van der Waals surface area contributed by atoms with Crippen LogP contribution in [0.15, 0.2) is 49.6 Å². The summed E-state index contributed by atoms with van der Waals surface area (Å²) in [6.07, 6.45) is 15.3. The molecule has 0 radical (unpaired) electrons. The van der Waals surface area contributed by atoms with Gasteiger partial charge in [-0.3, -0.25) is 14.4 Å². The SMILES string of the molecule is C=CC(=O)CC1CCC(C(=O)Oc2ccc(OC(=O)C3CCC(CCCCCCOC(=O)C=C)CC3)cc2)CC1. The zero-order chi connectivity index (χ0) is 28.7. The number of hydrogen-bond acceptors (Lipinski definition) is 7. The highest BCUT2D eigenvalue weighted by Crippen LogP contribution is 2.34. The van der Waals surface area contributed by atoms with Gasteiger partial charge in [-0.1, -0.05) is 38.8 Å². The summed E-state index contributed by atoms with van der Waals surface area (Å²) < 4.78 is 16.2. The van der Waals surface area contributed by atoms with Crippen molar-refractivity contribution in [2.75, 3.05) is 6.61 Å². The van der Waals surface area contributed by atoms with Crippen LogP contribution < -0.4 is 9.47 Å². The largest absolute Gasteiger partial charge is 0.463 e. The van der Waals surface area contributed by atoms with E-state index in [-0.39, 0.29) is 35.5 Å². The van der Waals surface area contributed by atoms with Crippen LogP contribution in [-0.2, 0) is 23.9 Å². The molecular weight excluding hydrogens is 508 g/mol. The summed E-state index contributed by atoms with van der Waals surface area (Å²) >= 11 is 0. The zero-order valence-electron chi connectivity index (χ0n) is 23.7. The quantitative estimate of drug-likeness (QED) is 0.101. The van der Waals surface area contributed by atoms with Crippen LogP contribution in [0.3, 0.4) is 0 Å². The molecule has 40 heavy (non-hydrogen) atoms. The van der Waals surface area contributed by atoms with Crippen molar-refractivity contribution >= 4 is 23.7 Å². The topological polar surface area (TPSA) is 96.0 Å². The summed E-state index contributed by atoms with van der Waals surface area (Å²) in [5, 5.41) is 0. The Morgan fingerprint density at radius 3 is 1.68 bits per heavy atom. The van der Waals surface area contributed by atoms with Gasteiger partial charge in [0.05, 0.1) is 18.4 Å². The molecule has 2 aliphatic carbocycles. The van der Waals surface area contributed by atoms with Crippen LogP contribution in [0.2, 0.25) is 0 Å². The summed E-state index contributed by atoms with van der Waals surface area (Å²) in [4.78, 5) is 47.9. The lowest BCUT2D eigenvalue weighted by Crippen LogP contribution is -2.26. The maximum Gasteiger partial charge on any atom is 0.330 e. The van der Waals surface area contributed by atoms with E-state index < -0.39 is 0 Å². The van der Waals surface area contributed by atoms with Gasteiger partial charge in [-0.2, -0.15) is 0 Å². The number of carbonyl (C=O) groups excluding carboxylic acids is 4. The van der Waals surface area contributed by atoms with Crippen LogP contribution >= 0.6 is 0 Å². The molecule has 2 fully saturated rings. The van der Waals surface area contributed by atoms with Crippen LogP contribution in [0.5, 0.6) is 11.5 Å². The molecule has 0 saturated heterocycles. The summed E-state index contributed by atoms with van der Waals surface area (Å²) in [7, 11) is 0. The number of esters is 3. The third kappa shape index (κ3) is 10.7. The molecule has 1 aromatic rings. The first-order valence-electron chi connectivity index (χ1n) is 14.9. The van der Waals surface area contributed by atoms with Crippen LogP contribution in [0.25, 0.3) is 0 Å². The Morgan fingerprint density at radius 1 is 0.675 bits per heavy atom. The Bertz CT molecular complexity index is 996. The minimum Gasteiger partial charge on any atom is -0.463 e. The minimum atomic E-state index is -0.363. The van der Waals surface area contributed by atoms with Crippen molar-refractivity contribution in [3.05, 3.63) is 49.6 Å². The first-order valence-corrected chi connectivity index (χ1v) is 14.9. The van der Waals surface area contributed by atoms with Crippen LogP contribution in [0.4, 0.5) is 0 Å². The summed E-state index contributed by atoms with van der Waals surface area (Å²) in [5.41, 5.74) is 0. The van der Waals surface area contributed by atoms with Gasteiger partial charge < -0.3 is 14.2 Å². The summed E-state index contributed by atoms with van der Waals surface area (Å²) in [6.45, 7) is 7.36. The third-order valence-electron chi connectivity index (χ3n) is 8.26. The standard InChI is InChI=1S/C33H44O7/c1-3-28(34)23-25-12-16-27(17-13-25)33(37)40-30-20-18-29(19-21-30)39-32(36)26-14-10-24(11-15-26)9-7-5-6-8-22-38-31(35)4-2/h3-4,18-21,24-27H,1-2,5-17,22-23H2. The second-order valence-electron chi connectivity index (χ2n) is 11.2. The fourth-order valence-corrected chi connectivity index (χ4v) is 5.75. The molecule has 2 aliphatic rings. The minimum absolute atomic E-state index is 0.0600. The predicted molar refractivity (Wildman–Crippen MR) is 153 cm³/mol. The molecule has 0 spiro atoms. The number of carbonyl (C=O) groups is 4. The smallest absolute Gasteiger partial charge is 0.330 e. The molecule has 3 rings (SSSR count). The van der Waals surface area contributed by atoms with Crippen molar-refractivity contribution in [3.8, 4) is 11.5 Å². The molecule has 0 aromatic heterocycles. The van der Waals surface area contributed by atoms with E-state index in [4.69, 9.17) is 14.2 Å². The molecule has 218 valence electrons. The lowest BCUT2D eigenvalue weighted by Gasteiger charge is -2.27. The number of hydrogen-bond donors (Lipinski definition) is 0. The number of benzene rings is 1. The molecule has 0 unspecified atom stereocenters. The van der Waals surface area contributed by atoms with E-state index in [1.54, 1.807) is 24.3 Å². The number of allylic oxidation sites excluding steroid dienone is 1. The monoisotopic (exact) mass is 552 g/mol. The van der Waals surface area contributed by atoms with Crippen molar-refractivity contribution < 1.29 is 33.4 Å². The van der Waals surface area contributed by atoms with Gasteiger partial charge in [0.25, 0.3) is 0 Å². The predicted octanol–water partition coefficient (Wildman–Crippen LogP) is 6.94. The maximum absolute atomic E-state index is 12.7. The lowest BCUT2D eigenvalue weighted by molar-refractivity contribution is -0.141. The number of ketones is 1. The Morgan fingerprint density at radius 2 is 1.18 bits per heavy atom. The van der Waals surface area contributed by atoms with E-state index in [1.165, 1.54) is 18.6 Å². The van der Waals surface area contributed by atoms with Crippen LogP contribution in [-0.4, -0.2) is 30.3 Å². The third-order valence-corrected chi connectivity index (χ3v) is 8.26. The van der Waals surface area contributed by atoms with Crippen molar-refractivity contribution in [2.24, 2.45) is 23.7 Å². The fourth-order valence-electron chi connectivity index (χ4n) is 5.75.